The van der Waals surface area contributed by atoms with Gasteiger partial charge in [0.2, 0.25) is 0 Å². The summed E-state index contributed by atoms with van der Waals surface area (Å²) in [4.78, 5) is 0. The van der Waals surface area contributed by atoms with E-state index >= 15 is 0 Å². The topological polar surface area (TPSA) is 12.0 Å². The molecule has 106 valence electrons. The summed E-state index contributed by atoms with van der Waals surface area (Å²) < 4.78 is 0. The average Bonchev–Trinajstić information content (AvgIpc) is 2.94. The van der Waals surface area contributed by atoms with Crippen molar-refractivity contribution in [1.29, 1.82) is 0 Å². The summed E-state index contributed by atoms with van der Waals surface area (Å²) in [6.07, 6.45) is 13.1. The van der Waals surface area contributed by atoms with Gasteiger partial charge in [0.05, 0.1) is 0 Å². The fourth-order valence-corrected chi connectivity index (χ4v) is 3.61. The van der Waals surface area contributed by atoms with E-state index in [2.05, 4.69) is 29.6 Å². The van der Waals surface area contributed by atoms with Crippen LogP contribution >= 0.6 is 0 Å². The standard InChI is InChI=1S/C11H21N.C6H8Si/c1-2-6-10(7-3-1)12-11-8-4-5-9-11;7-6-4-2-1-3-5-6/h10-12H,1-9H2;1-5H,7H3. The lowest BCUT2D eigenvalue weighted by molar-refractivity contribution is 0.337. The van der Waals surface area contributed by atoms with E-state index in [0.717, 1.165) is 12.1 Å². The van der Waals surface area contributed by atoms with Crippen LogP contribution in [0.3, 0.4) is 0 Å². The van der Waals surface area contributed by atoms with Crippen molar-refractivity contribution in [2.24, 2.45) is 0 Å². The molecule has 1 aromatic rings. The number of hydrogen-bond donors (Lipinski definition) is 1. The summed E-state index contributed by atoms with van der Waals surface area (Å²) in [6.45, 7) is 0. The van der Waals surface area contributed by atoms with E-state index in [1.54, 1.807) is 0 Å². The van der Waals surface area contributed by atoms with Gasteiger partial charge < -0.3 is 5.32 Å². The third-order valence-corrected chi connectivity index (χ3v) is 5.04. The fourth-order valence-electron chi connectivity index (χ4n) is 3.23. The maximum absolute atomic E-state index is 3.82. The molecule has 19 heavy (non-hydrogen) atoms. The molecule has 1 nitrogen and oxygen atoms in total. The molecule has 3 rings (SSSR count). The highest BCUT2D eigenvalue weighted by atomic mass is 28.1. The van der Waals surface area contributed by atoms with Crippen molar-refractivity contribution in [1.82, 2.24) is 5.32 Å². The first kappa shape index (κ1) is 14.8. The molecular weight excluding hydrogens is 246 g/mol. The number of benzene rings is 1. The predicted octanol–water partition coefficient (Wildman–Crippen LogP) is 2.53. The quantitative estimate of drug-likeness (QED) is 0.818. The third-order valence-electron chi connectivity index (χ3n) is 4.37. The van der Waals surface area contributed by atoms with Crippen LogP contribution in [0, 0.1) is 0 Å². The first-order chi connectivity index (χ1) is 9.34. The van der Waals surface area contributed by atoms with Gasteiger partial charge in [-0.3, -0.25) is 0 Å². The van der Waals surface area contributed by atoms with Crippen LogP contribution in [0.1, 0.15) is 57.8 Å². The van der Waals surface area contributed by atoms with Gasteiger partial charge in [0.15, 0.2) is 0 Å². The highest BCUT2D eigenvalue weighted by molar-refractivity contribution is 6.32. The van der Waals surface area contributed by atoms with E-state index in [-0.39, 0.29) is 0 Å². The molecule has 0 aliphatic heterocycles. The molecule has 1 aromatic carbocycles. The Labute approximate surface area is 121 Å². The van der Waals surface area contributed by atoms with Crippen LogP contribution in [0.15, 0.2) is 30.3 Å². The first-order valence-electron chi connectivity index (χ1n) is 8.12. The zero-order valence-electron chi connectivity index (χ0n) is 12.4. The summed E-state index contributed by atoms with van der Waals surface area (Å²) in [7, 11) is 1.17. The maximum atomic E-state index is 3.82. The van der Waals surface area contributed by atoms with Gasteiger partial charge in [-0.2, -0.15) is 0 Å². The van der Waals surface area contributed by atoms with Gasteiger partial charge in [-0.15, -0.1) is 0 Å². The van der Waals surface area contributed by atoms with Crippen LogP contribution in [0.2, 0.25) is 0 Å². The molecule has 2 fully saturated rings. The molecule has 0 unspecified atom stereocenters. The Hall–Kier alpha value is -0.603. The van der Waals surface area contributed by atoms with Gasteiger partial charge in [-0.05, 0) is 25.7 Å². The van der Waals surface area contributed by atoms with Gasteiger partial charge in [0, 0.05) is 22.3 Å². The van der Waals surface area contributed by atoms with Crippen LogP contribution < -0.4 is 10.5 Å². The van der Waals surface area contributed by atoms with Gasteiger partial charge >= 0.3 is 0 Å². The van der Waals surface area contributed by atoms with E-state index in [0.29, 0.717) is 0 Å². The smallest absolute Gasteiger partial charge is 0.0384 e. The average molecular weight is 276 g/mol. The van der Waals surface area contributed by atoms with E-state index in [4.69, 9.17) is 0 Å². The molecule has 0 aromatic heterocycles. The molecule has 0 saturated heterocycles. The van der Waals surface area contributed by atoms with Crippen molar-refractivity contribution < 1.29 is 0 Å². The predicted molar refractivity (Wildman–Crippen MR) is 88.3 cm³/mol. The summed E-state index contributed by atoms with van der Waals surface area (Å²) in [5, 5.41) is 5.28. The van der Waals surface area contributed by atoms with Crippen LogP contribution in [-0.4, -0.2) is 22.3 Å². The van der Waals surface area contributed by atoms with Gasteiger partial charge in [0.1, 0.15) is 0 Å². The summed E-state index contributed by atoms with van der Waals surface area (Å²) >= 11 is 0. The third kappa shape index (κ3) is 5.92. The second-order valence-corrected chi connectivity index (χ2v) is 7.29. The van der Waals surface area contributed by atoms with Crippen molar-refractivity contribution in [3.05, 3.63) is 30.3 Å². The Kier molecular flexibility index (Phi) is 6.65. The summed E-state index contributed by atoms with van der Waals surface area (Å²) in [5.74, 6) is 0. The lowest BCUT2D eigenvalue weighted by atomic mass is 9.95. The Morgan fingerprint density at radius 2 is 1.21 bits per heavy atom. The SMILES string of the molecule is C1CCC(NC2CCCC2)CC1.[SiH3]c1ccccc1. The lowest BCUT2D eigenvalue weighted by Gasteiger charge is -2.26. The van der Waals surface area contributed by atoms with E-state index in [1.165, 1.54) is 73.2 Å². The van der Waals surface area contributed by atoms with E-state index < -0.39 is 0 Å². The zero-order chi connectivity index (χ0) is 13.3. The molecule has 2 aliphatic rings. The Balaban J connectivity index is 0.000000163. The minimum absolute atomic E-state index is 0.877. The van der Waals surface area contributed by atoms with Gasteiger partial charge in [-0.1, -0.05) is 67.6 Å². The number of rotatable bonds is 2. The molecule has 2 heteroatoms. The Morgan fingerprint density at radius 1 is 0.737 bits per heavy atom. The molecule has 2 saturated carbocycles. The molecule has 0 atom stereocenters. The summed E-state index contributed by atoms with van der Waals surface area (Å²) in [5.41, 5.74) is 0. The second kappa shape index (κ2) is 8.54. The fraction of sp³-hybridized carbons (Fsp3) is 0.647. The molecular formula is C17H29NSi. The normalized spacial score (nSPS) is 21.1. The second-order valence-electron chi connectivity index (χ2n) is 6.14. The molecule has 0 heterocycles. The lowest BCUT2D eigenvalue weighted by Crippen LogP contribution is -2.37. The largest absolute Gasteiger partial charge is 0.311 e. The molecule has 0 bridgehead atoms. The zero-order valence-corrected chi connectivity index (χ0v) is 14.4. The highest BCUT2D eigenvalue weighted by Gasteiger charge is 2.20. The Morgan fingerprint density at radius 3 is 1.63 bits per heavy atom. The van der Waals surface area contributed by atoms with Crippen molar-refractivity contribution in [2.75, 3.05) is 0 Å². The van der Waals surface area contributed by atoms with Gasteiger partial charge in [0.25, 0.3) is 0 Å². The first-order valence-corrected chi connectivity index (χ1v) is 9.12. The van der Waals surface area contributed by atoms with Crippen molar-refractivity contribution >= 4 is 15.4 Å². The van der Waals surface area contributed by atoms with Crippen LogP contribution in [-0.2, 0) is 0 Å². The minimum Gasteiger partial charge on any atom is -0.311 e. The maximum Gasteiger partial charge on any atom is 0.0384 e. The Bertz CT molecular complexity index is 326. The number of nitrogens with one attached hydrogen (secondary N) is 1. The van der Waals surface area contributed by atoms with Gasteiger partial charge in [-0.25, -0.2) is 0 Å². The van der Waals surface area contributed by atoms with Crippen molar-refractivity contribution in [2.45, 2.75) is 69.9 Å². The van der Waals surface area contributed by atoms with Crippen molar-refractivity contribution in [3.8, 4) is 0 Å². The number of hydrogen-bond acceptors (Lipinski definition) is 1. The minimum atomic E-state index is 0.877. The monoisotopic (exact) mass is 275 g/mol. The van der Waals surface area contributed by atoms with Crippen molar-refractivity contribution in [3.63, 3.8) is 0 Å². The summed E-state index contributed by atoms with van der Waals surface area (Å²) in [6, 6.07) is 12.2. The van der Waals surface area contributed by atoms with Crippen LogP contribution in [0.25, 0.3) is 0 Å². The molecule has 0 spiro atoms. The highest BCUT2D eigenvalue weighted by Crippen LogP contribution is 2.22. The van der Waals surface area contributed by atoms with E-state index in [1.807, 2.05) is 6.07 Å². The van der Waals surface area contributed by atoms with Crippen LogP contribution in [0.4, 0.5) is 0 Å². The van der Waals surface area contributed by atoms with E-state index in [9.17, 15) is 0 Å². The molecule has 2 aliphatic carbocycles. The molecule has 0 amide bonds. The van der Waals surface area contributed by atoms with Crippen LogP contribution in [0.5, 0.6) is 0 Å². The molecule has 0 radical (unpaired) electrons. The molecule has 1 N–H and O–H groups in total.